The molecule has 27 heavy (non-hydrogen) atoms. The van der Waals surface area contributed by atoms with Crippen LogP contribution in [0.5, 0.6) is 0 Å². The molecule has 0 fully saturated rings. The first-order chi connectivity index (χ1) is 13.0. The molecule has 0 radical (unpaired) electrons. The van der Waals surface area contributed by atoms with Gasteiger partial charge in [0.2, 0.25) is 11.8 Å². The third-order valence-electron chi connectivity index (χ3n) is 3.77. The van der Waals surface area contributed by atoms with Crippen LogP contribution >= 0.6 is 11.8 Å². The summed E-state index contributed by atoms with van der Waals surface area (Å²) in [5, 5.41) is 10.5. The van der Waals surface area contributed by atoms with E-state index in [0.29, 0.717) is 18.5 Å². The van der Waals surface area contributed by atoms with Crippen molar-refractivity contribution in [2.45, 2.75) is 23.8 Å². The fraction of sp³-hybridized carbons (Fsp3) is 0.211. The lowest BCUT2D eigenvalue weighted by atomic mass is 10.1. The molecule has 1 aromatic heterocycles. The molecule has 0 bridgehead atoms. The summed E-state index contributed by atoms with van der Waals surface area (Å²) < 4.78 is 31.4. The van der Waals surface area contributed by atoms with Crippen molar-refractivity contribution < 1.29 is 18.0 Å². The van der Waals surface area contributed by atoms with Gasteiger partial charge in [0.05, 0.1) is 5.25 Å². The van der Waals surface area contributed by atoms with Gasteiger partial charge in [-0.25, -0.2) is 8.78 Å². The molecular formula is C19H17F2N3O2S. The largest absolute Gasteiger partial charge is 0.411 e. The van der Waals surface area contributed by atoms with Crippen LogP contribution < -0.4 is 5.32 Å². The lowest BCUT2D eigenvalue weighted by Crippen LogP contribution is -2.32. The predicted molar refractivity (Wildman–Crippen MR) is 98.1 cm³/mol. The lowest BCUT2D eigenvalue weighted by molar-refractivity contribution is -0.120. The van der Waals surface area contributed by atoms with Crippen LogP contribution in [0.1, 0.15) is 12.5 Å². The number of amides is 1. The minimum absolute atomic E-state index is 0.163. The molecule has 140 valence electrons. The number of nitrogens with zero attached hydrogens (tertiary/aromatic N) is 2. The highest BCUT2D eigenvalue weighted by molar-refractivity contribution is 8.00. The Balaban J connectivity index is 1.49. The molecule has 3 rings (SSSR count). The van der Waals surface area contributed by atoms with Gasteiger partial charge in [0, 0.05) is 12.1 Å². The summed E-state index contributed by atoms with van der Waals surface area (Å²) >= 11 is 1.14. The molecular weight excluding hydrogens is 372 g/mol. The lowest BCUT2D eigenvalue weighted by Gasteiger charge is -2.09. The molecule has 1 heterocycles. The predicted octanol–water partition coefficient (Wildman–Crippen LogP) is 3.85. The monoisotopic (exact) mass is 389 g/mol. The van der Waals surface area contributed by atoms with E-state index in [2.05, 4.69) is 15.5 Å². The highest BCUT2D eigenvalue weighted by Gasteiger charge is 2.18. The maximum atomic E-state index is 13.0. The van der Waals surface area contributed by atoms with Crippen LogP contribution in [-0.4, -0.2) is 27.9 Å². The van der Waals surface area contributed by atoms with E-state index in [1.807, 2.05) is 0 Å². The molecule has 2 aromatic carbocycles. The number of hydrogen-bond donors (Lipinski definition) is 1. The van der Waals surface area contributed by atoms with E-state index in [9.17, 15) is 13.6 Å². The molecule has 0 aliphatic rings. The molecule has 0 aliphatic carbocycles. The summed E-state index contributed by atoms with van der Waals surface area (Å²) in [6.45, 7) is 2.18. The quantitative estimate of drug-likeness (QED) is 0.622. The number of benzene rings is 2. The first-order valence-corrected chi connectivity index (χ1v) is 9.17. The minimum Gasteiger partial charge on any atom is -0.411 e. The van der Waals surface area contributed by atoms with Crippen LogP contribution in [0, 0.1) is 11.6 Å². The summed E-state index contributed by atoms with van der Waals surface area (Å²) in [5.41, 5.74) is 1.55. The molecule has 3 aromatic rings. The summed E-state index contributed by atoms with van der Waals surface area (Å²) in [5.74, 6) is -0.531. The molecule has 1 N–H and O–H groups in total. The fourth-order valence-electron chi connectivity index (χ4n) is 2.30. The Morgan fingerprint density at radius 3 is 2.37 bits per heavy atom. The van der Waals surface area contributed by atoms with Crippen molar-refractivity contribution in [1.29, 1.82) is 0 Å². The molecule has 8 heteroatoms. The van der Waals surface area contributed by atoms with Crippen molar-refractivity contribution in [3.05, 3.63) is 65.7 Å². The SMILES string of the molecule is C[C@@H](Sc1nnc(-c2ccc(F)cc2)o1)C(=O)NCCc1ccc(F)cc1. The van der Waals surface area contributed by atoms with Gasteiger partial charge in [0.25, 0.3) is 5.22 Å². The Bertz CT molecular complexity index is 898. The van der Waals surface area contributed by atoms with Crippen LogP contribution in [-0.2, 0) is 11.2 Å². The molecule has 1 atom stereocenters. The van der Waals surface area contributed by atoms with Crippen LogP contribution in [0.15, 0.2) is 58.2 Å². The number of nitrogens with one attached hydrogen (secondary N) is 1. The van der Waals surface area contributed by atoms with Crippen molar-refractivity contribution in [3.8, 4) is 11.5 Å². The van der Waals surface area contributed by atoms with Gasteiger partial charge in [-0.05, 0) is 55.3 Å². The number of carbonyl (C=O) groups is 1. The molecule has 0 saturated heterocycles. The fourth-order valence-corrected chi connectivity index (χ4v) is 3.00. The van der Waals surface area contributed by atoms with E-state index >= 15 is 0 Å². The molecule has 0 saturated carbocycles. The smallest absolute Gasteiger partial charge is 0.277 e. The Hall–Kier alpha value is -2.74. The summed E-state index contributed by atoms with van der Waals surface area (Å²) in [6.07, 6.45) is 0.610. The number of carbonyl (C=O) groups excluding carboxylic acids is 1. The summed E-state index contributed by atoms with van der Waals surface area (Å²) in [4.78, 5) is 12.2. The highest BCUT2D eigenvalue weighted by Crippen LogP contribution is 2.26. The van der Waals surface area contributed by atoms with E-state index in [0.717, 1.165) is 17.3 Å². The second kappa shape index (κ2) is 8.77. The van der Waals surface area contributed by atoms with Gasteiger partial charge in [-0.3, -0.25) is 4.79 Å². The van der Waals surface area contributed by atoms with Gasteiger partial charge in [-0.2, -0.15) is 0 Å². The number of hydrogen-bond acceptors (Lipinski definition) is 5. The second-order valence-corrected chi connectivity index (χ2v) is 7.10. The first kappa shape index (κ1) is 19.0. The van der Waals surface area contributed by atoms with Gasteiger partial charge in [-0.1, -0.05) is 23.9 Å². The van der Waals surface area contributed by atoms with Crippen molar-refractivity contribution in [2.24, 2.45) is 0 Å². The third kappa shape index (κ3) is 5.37. The Morgan fingerprint density at radius 2 is 1.70 bits per heavy atom. The van der Waals surface area contributed by atoms with E-state index < -0.39 is 5.25 Å². The Labute approximate surface area is 159 Å². The van der Waals surface area contributed by atoms with E-state index in [4.69, 9.17) is 4.42 Å². The normalized spacial score (nSPS) is 12.0. The number of rotatable bonds is 7. The molecule has 5 nitrogen and oxygen atoms in total. The van der Waals surface area contributed by atoms with Crippen LogP contribution in [0.2, 0.25) is 0 Å². The average molecular weight is 389 g/mol. The van der Waals surface area contributed by atoms with E-state index in [-0.39, 0.29) is 28.7 Å². The van der Waals surface area contributed by atoms with E-state index in [1.54, 1.807) is 31.2 Å². The maximum absolute atomic E-state index is 13.0. The Morgan fingerprint density at radius 1 is 1.07 bits per heavy atom. The standard InChI is InChI=1S/C19H17F2N3O2S/c1-12(17(25)22-11-10-13-2-6-15(20)7-3-13)27-19-24-23-18(26-19)14-4-8-16(21)9-5-14/h2-9,12H,10-11H2,1H3,(H,22,25)/t12-/m1/s1. The summed E-state index contributed by atoms with van der Waals surface area (Å²) in [6, 6.07) is 11.9. The third-order valence-corrected chi connectivity index (χ3v) is 4.70. The van der Waals surface area contributed by atoms with Gasteiger partial charge in [0.1, 0.15) is 11.6 Å². The van der Waals surface area contributed by atoms with Crippen molar-refractivity contribution in [1.82, 2.24) is 15.5 Å². The molecule has 0 unspecified atom stereocenters. The zero-order chi connectivity index (χ0) is 19.2. The summed E-state index contributed by atoms with van der Waals surface area (Å²) in [7, 11) is 0. The van der Waals surface area contributed by atoms with Crippen LogP contribution in [0.4, 0.5) is 8.78 Å². The first-order valence-electron chi connectivity index (χ1n) is 8.29. The molecule has 0 aliphatic heterocycles. The van der Waals surface area contributed by atoms with Gasteiger partial charge in [0.15, 0.2) is 0 Å². The van der Waals surface area contributed by atoms with Crippen LogP contribution in [0.3, 0.4) is 0 Å². The molecule has 0 spiro atoms. The van der Waals surface area contributed by atoms with E-state index in [1.165, 1.54) is 24.3 Å². The van der Waals surface area contributed by atoms with Crippen molar-refractivity contribution >= 4 is 17.7 Å². The zero-order valence-corrected chi connectivity index (χ0v) is 15.3. The maximum Gasteiger partial charge on any atom is 0.277 e. The van der Waals surface area contributed by atoms with Crippen molar-refractivity contribution in [3.63, 3.8) is 0 Å². The second-order valence-electron chi connectivity index (χ2n) is 5.81. The number of thioether (sulfide) groups is 1. The Kier molecular flexibility index (Phi) is 6.18. The topological polar surface area (TPSA) is 68.0 Å². The minimum atomic E-state index is -0.431. The number of halogens is 2. The van der Waals surface area contributed by atoms with Crippen molar-refractivity contribution in [2.75, 3.05) is 6.54 Å². The average Bonchev–Trinajstić information content (AvgIpc) is 3.12. The highest BCUT2D eigenvalue weighted by atomic mass is 32.2. The van der Waals surface area contributed by atoms with Crippen LogP contribution in [0.25, 0.3) is 11.5 Å². The number of aromatic nitrogens is 2. The van der Waals surface area contributed by atoms with Gasteiger partial charge in [-0.15, -0.1) is 10.2 Å². The van der Waals surface area contributed by atoms with Gasteiger partial charge >= 0.3 is 0 Å². The zero-order valence-electron chi connectivity index (χ0n) is 14.5. The van der Waals surface area contributed by atoms with Gasteiger partial charge < -0.3 is 9.73 Å². The molecule has 1 amide bonds.